The van der Waals surface area contributed by atoms with Crippen LogP contribution in [0.4, 0.5) is 5.69 Å². The lowest BCUT2D eigenvalue weighted by Crippen LogP contribution is -2.37. The van der Waals surface area contributed by atoms with Gasteiger partial charge in [-0.05, 0) is 56.7 Å². The quantitative estimate of drug-likeness (QED) is 0.611. The average Bonchev–Trinajstić information content (AvgIpc) is 3.25. The number of carbonyl (C=O) groups excluding carboxylic acids is 1. The number of hydrogen-bond donors (Lipinski definition) is 1. The Morgan fingerprint density at radius 2 is 1.71 bits per heavy atom. The third-order valence-corrected chi connectivity index (χ3v) is 7.56. The molecule has 0 saturated heterocycles. The van der Waals surface area contributed by atoms with Gasteiger partial charge in [0.1, 0.15) is 0 Å². The van der Waals surface area contributed by atoms with E-state index in [0.29, 0.717) is 12.8 Å². The van der Waals surface area contributed by atoms with E-state index in [4.69, 9.17) is 0 Å². The number of fused-ring (bicyclic) bond motifs is 1. The highest BCUT2D eigenvalue weighted by atomic mass is 32.2. The Hall–Kier alpha value is -2.86. The molecule has 0 spiro atoms. The highest BCUT2D eigenvalue weighted by Gasteiger charge is 2.35. The van der Waals surface area contributed by atoms with Gasteiger partial charge < -0.3 is 4.90 Å². The van der Waals surface area contributed by atoms with Crippen LogP contribution < -0.4 is 9.62 Å². The number of carbonyl (C=O) groups is 1. The number of anilines is 1. The van der Waals surface area contributed by atoms with Gasteiger partial charge >= 0.3 is 0 Å². The molecule has 2 unspecified atom stereocenters. The van der Waals surface area contributed by atoms with Gasteiger partial charge in [-0.15, -0.1) is 0 Å². The Balaban J connectivity index is 1.49. The monoisotopic (exact) mass is 436 g/mol. The van der Waals surface area contributed by atoms with Gasteiger partial charge in [-0.3, -0.25) is 4.79 Å². The van der Waals surface area contributed by atoms with Gasteiger partial charge in [-0.2, -0.15) is 0 Å². The number of sulfonamides is 1. The number of benzene rings is 3. The van der Waals surface area contributed by atoms with Gasteiger partial charge in [0.25, 0.3) is 10.0 Å². The lowest BCUT2D eigenvalue weighted by Gasteiger charge is -2.31. The van der Waals surface area contributed by atoms with Crippen LogP contribution >= 0.6 is 0 Å². The number of amides is 1. The smallest absolute Gasteiger partial charge is 0.264 e. The van der Waals surface area contributed by atoms with E-state index >= 15 is 0 Å². The molecule has 1 aliphatic carbocycles. The second kappa shape index (κ2) is 8.71. The van der Waals surface area contributed by atoms with Crippen molar-refractivity contribution in [2.24, 2.45) is 5.92 Å². The molecule has 0 radical (unpaired) electrons. The Bertz CT molecular complexity index is 1180. The molecular weight excluding hydrogens is 408 g/mol. The first-order valence-corrected chi connectivity index (χ1v) is 12.2. The maximum absolute atomic E-state index is 12.8. The van der Waals surface area contributed by atoms with Gasteiger partial charge in [-0.1, -0.05) is 54.1 Å². The van der Waals surface area contributed by atoms with Gasteiger partial charge in [0.05, 0.1) is 4.90 Å². The summed E-state index contributed by atoms with van der Waals surface area (Å²) in [6, 6.07) is 21.3. The molecule has 31 heavy (non-hydrogen) atoms. The first-order chi connectivity index (χ1) is 14.9. The maximum Gasteiger partial charge on any atom is 0.264 e. The molecule has 3 aromatic carbocycles. The first-order valence-electron chi connectivity index (χ1n) is 10.8. The van der Waals surface area contributed by atoms with Crippen molar-refractivity contribution in [2.75, 3.05) is 11.4 Å². The van der Waals surface area contributed by atoms with E-state index in [1.165, 1.54) is 28.6 Å². The van der Waals surface area contributed by atoms with Crippen LogP contribution in [-0.4, -0.2) is 26.9 Å². The van der Waals surface area contributed by atoms with Crippen molar-refractivity contribution in [3.8, 4) is 0 Å². The van der Waals surface area contributed by atoms with Gasteiger partial charge in [0.15, 0.2) is 0 Å². The van der Waals surface area contributed by atoms with E-state index in [0.717, 1.165) is 18.5 Å². The summed E-state index contributed by atoms with van der Waals surface area (Å²) >= 11 is 0. The molecule has 2 atom stereocenters. The van der Waals surface area contributed by atoms with E-state index in [-0.39, 0.29) is 16.9 Å². The zero-order chi connectivity index (χ0) is 22.0. The Kier molecular flexibility index (Phi) is 6.01. The number of nitrogens with zero attached hydrogens (tertiary/aromatic N) is 1. The molecule has 0 heterocycles. The highest BCUT2D eigenvalue weighted by molar-refractivity contribution is 7.90. The summed E-state index contributed by atoms with van der Waals surface area (Å²) in [7, 11) is -3.85. The van der Waals surface area contributed by atoms with Crippen molar-refractivity contribution in [1.29, 1.82) is 0 Å². The average molecular weight is 437 g/mol. The fraction of sp³-hybridized carbons (Fsp3) is 0.320. The van der Waals surface area contributed by atoms with Crippen LogP contribution in [0.5, 0.6) is 0 Å². The minimum atomic E-state index is -3.85. The number of aryl methyl sites for hydroxylation is 1. The van der Waals surface area contributed by atoms with E-state index in [1.54, 1.807) is 12.1 Å². The normalized spacial score (nSPS) is 18.8. The molecule has 0 aromatic heterocycles. The van der Waals surface area contributed by atoms with Crippen LogP contribution in [0.1, 0.15) is 31.7 Å². The molecule has 1 N–H and O–H groups in total. The Morgan fingerprint density at radius 3 is 2.45 bits per heavy atom. The fourth-order valence-corrected chi connectivity index (χ4v) is 5.60. The predicted octanol–water partition coefficient (Wildman–Crippen LogP) is 4.65. The SMILES string of the molecule is CCN(c1cccc2ccccc12)C1CCC(C(=O)NS(=O)(=O)c2ccc(C)cc2)C1. The van der Waals surface area contributed by atoms with E-state index < -0.39 is 15.9 Å². The third kappa shape index (κ3) is 4.44. The van der Waals surface area contributed by atoms with Gasteiger partial charge in [-0.25, -0.2) is 13.1 Å². The van der Waals surface area contributed by atoms with Crippen LogP contribution in [0, 0.1) is 12.8 Å². The van der Waals surface area contributed by atoms with E-state index in [1.807, 2.05) is 19.1 Å². The zero-order valence-electron chi connectivity index (χ0n) is 17.9. The highest BCUT2D eigenvalue weighted by Crippen LogP contribution is 2.35. The van der Waals surface area contributed by atoms with Gasteiger partial charge in [0, 0.05) is 29.6 Å². The van der Waals surface area contributed by atoms with Crippen molar-refractivity contribution in [2.45, 2.75) is 44.0 Å². The molecule has 162 valence electrons. The second-order valence-electron chi connectivity index (χ2n) is 8.23. The topological polar surface area (TPSA) is 66.5 Å². The molecule has 6 heteroatoms. The summed E-state index contributed by atoms with van der Waals surface area (Å²) in [5.74, 6) is -0.716. The second-order valence-corrected chi connectivity index (χ2v) is 9.91. The molecule has 0 aliphatic heterocycles. The van der Waals surface area contributed by atoms with Crippen LogP contribution in [0.15, 0.2) is 71.6 Å². The lowest BCUT2D eigenvalue weighted by molar-refractivity contribution is -0.123. The number of rotatable bonds is 6. The molecule has 5 nitrogen and oxygen atoms in total. The summed E-state index contributed by atoms with van der Waals surface area (Å²) < 4.78 is 27.5. The lowest BCUT2D eigenvalue weighted by atomic mass is 10.0. The maximum atomic E-state index is 12.8. The van der Waals surface area contributed by atoms with Crippen LogP contribution in [0.25, 0.3) is 10.8 Å². The van der Waals surface area contributed by atoms with Crippen molar-refractivity contribution in [3.05, 3.63) is 72.3 Å². The molecule has 1 saturated carbocycles. The van der Waals surface area contributed by atoms with Crippen molar-refractivity contribution in [3.63, 3.8) is 0 Å². The third-order valence-electron chi connectivity index (χ3n) is 6.20. The largest absolute Gasteiger partial charge is 0.368 e. The molecule has 0 bridgehead atoms. The Morgan fingerprint density at radius 1 is 1.00 bits per heavy atom. The van der Waals surface area contributed by atoms with E-state index in [9.17, 15) is 13.2 Å². The predicted molar refractivity (Wildman–Crippen MR) is 125 cm³/mol. The molecule has 1 aliphatic rings. The minimum absolute atomic E-state index is 0.118. The number of hydrogen-bond acceptors (Lipinski definition) is 4. The standard InChI is InChI=1S/C25H28N2O3S/c1-3-27(24-10-6-8-19-7-4-5-9-23(19)24)21-14-13-20(17-21)25(28)26-31(29,30)22-15-11-18(2)12-16-22/h4-12,15-16,20-21H,3,13-14,17H2,1-2H3,(H,26,28). The molecule has 3 aromatic rings. The molecular formula is C25H28N2O3S. The molecule has 4 rings (SSSR count). The van der Waals surface area contributed by atoms with E-state index in [2.05, 4.69) is 46.9 Å². The molecule has 1 amide bonds. The Labute approximate surface area is 184 Å². The number of nitrogens with one attached hydrogen (secondary N) is 1. The summed E-state index contributed by atoms with van der Waals surface area (Å²) in [6.45, 7) is 4.84. The summed E-state index contributed by atoms with van der Waals surface area (Å²) in [4.78, 5) is 15.3. The zero-order valence-corrected chi connectivity index (χ0v) is 18.7. The van der Waals surface area contributed by atoms with Crippen molar-refractivity contribution in [1.82, 2.24) is 4.72 Å². The fourth-order valence-electron chi connectivity index (χ4n) is 4.56. The van der Waals surface area contributed by atoms with Gasteiger partial charge in [0.2, 0.25) is 5.91 Å². The van der Waals surface area contributed by atoms with Crippen LogP contribution in [0.2, 0.25) is 0 Å². The summed E-state index contributed by atoms with van der Waals surface area (Å²) in [6.07, 6.45) is 2.19. The molecule has 1 fully saturated rings. The van der Waals surface area contributed by atoms with Crippen LogP contribution in [0.3, 0.4) is 0 Å². The first kappa shape index (κ1) is 21.4. The summed E-state index contributed by atoms with van der Waals surface area (Å²) in [5.41, 5.74) is 2.14. The minimum Gasteiger partial charge on any atom is -0.368 e. The van der Waals surface area contributed by atoms with Crippen molar-refractivity contribution < 1.29 is 13.2 Å². The van der Waals surface area contributed by atoms with Crippen molar-refractivity contribution >= 4 is 32.4 Å². The van der Waals surface area contributed by atoms with Crippen LogP contribution in [-0.2, 0) is 14.8 Å². The summed E-state index contributed by atoms with van der Waals surface area (Å²) in [5, 5.41) is 2.39.